The van der Waals surface area contributed by atoms with Crippen LogP contribution in [0.4, 0.5) is 10.5 Å². The van der Waals surface area contributed by atoms with Crippen LogP contribution in [0.25, 0.3) is 0 Å². The number of hydrogen-bond acceptors (Lipinski definition) is 4. The van der Waals surface area contributed by atoms with E-state index in [1.165, 1.54) is 11.8 Å². The summed E-state index contributed by atoms with van der Waals surface area (Å²) in [5, 5.41) is 5.39. The maximum atomic E-state index is 12.0. The number of nitrogens with zero attached hydrogens (tertiary/aromatic N) is 1. The van der Waals surface area contributed by atoms with E-state index in [9.17, 15) is 9.59 Å². The number of piperidine rings is 1. The zero-order chi connectivity index (χ0) is 19.3. The Balaban J connectivity index is 1.41. The Hall–Kier alpha value is -2.12. The highest BCUT2D eigenvalue weighted by Gasteiger charge is 2.42. The highest BCUT2D eigenvalue weighted by molar-refractivity contribution is 5.88. The van der Waals surface area contributed by atoms with Crippen molar-refractivity contribution < 1.29 is 9.53 Å². The van der Waals surface area contributed by atoms with Gasteiger partial charge in [-0.25, -0.2) is 4.79 Å². The van der Waals surface area contributed by atoms with E-state index in [1.807, 2.05) is 0 Å². The first-order valence-corrected chi connectivity index (χ1v) is 9.72. The standard InChI is InChI=1S/C20H30N4O3/c1-15(2)6-11-24-12-8-20(9-13-24)7-5-16(27-20)14-22-19(26)23-17-4-3-10-21-18(17)25/h3-4,6,10,16H,5,7-9,11-14H2,1-2H3,(H,21,25)(H2,22,23,26). The molecule has 0 radical (unpaired) electrons. The lowest BCUT2D eigenvalue weighted by Crippen LogP contribution is -2.45. The number of likely N-dealkylation sites (tertiary alicyclic amines) is 1. The number of urea groups is 1. The molecular formula is C20H30N4O3. The molecule has 2 amide bonds. The molecule has 2 fully saturated rings. The van der Waals surface area contributed by atoms with Crippen LogP contribution in [-0.2, 0) is 4.74 Å². The van der Waals surface area contributed by atoms with Gasteiger partial charge in [-0.3, -0.25) is 9.69 Å². The van der Waals surface area contributed by atoms with Gasteiger partial charge in [0.05, 0.1) is 11.7 Å². The van der Waals surface area contributed by atoms with E-state index < -0.39 is 0 Å². The molecule has 3 heterocycles. The van der Waals surface area contributed by atoms with Crippen molar-refractivity contribution in [3.05, 3.63) is 40.3 Å². The Morgan fingerprint density at radius 2 is 2.15 bits per heavy atom. The van der Waals surface area contributed by atoms with Crippen LogP contribution in [0, 0.1) is 0 Å². The maximum absolute atomic E-state index is 12.0. The van der Waals surface area contributed by atoms with Crippen molar-refractivity contribution >= 4 is 11.7 Å². The molecular weight excluding hydrogens is 344 g/mol. The summed E-state index contributed by atoms with van der Waals surface area (Å²) in [7, 11) is 0. The molecule has 2 saturated heterocycles. The van der Waals surface area contributed by atoms with Crippen LogP contribution < -0.4 is 16.2 Å². The number of anilines is 1. The first-order chi connectivity index (χ1) is 13.0. The van der Waals surface area contributed by atoms with Crippen LogP contribution in [0.15, 0.2) is 34.8 Å². The monoisotopic (exact) mass is 374 g/mol. The number of pyridine rings is 1. The van der Waals surface area contributed by atoms with Crippen molar-refractivity contribution in [3.8, 4) is 0 Å². The van der Waals surface area contributed by atoms with Gasteiger partial charge in [0.2, 0.25) is 0 Å². The Morgan fingerprint density at radius 3 is 2.85 bits per heavy atom. The van der Waals surface area contributed by atoms with Gasteiger partial charge in [0, 0.05) is 32.4 Å². The Morgan fingerprint density at radius 1 is 1.37 bits per heavy atom. The smallest absolute Gasteiger partial charge is 0.319 e. The largest absolute Gasteiger partial charge is 0.370 e. The summed E-state index contributed by atoms with van der Waals surface area (Å²) in [6, 6.07) is 2.86. The van der Waals surface area contributed by atoms with Crippen molar-refractivity contribution in [3.63, 3.8) is 0 Å². The highest BCUT2D eigenvalue weighted by atomic mass is 16.5. The summed E-state index contributed by atoms with van der Waals surface area (Å²) in [4.78, 5) is 28.6. The van der Waals surface area contributed by atoms with Gasteiger partial charge >= 0.3 is 6.03 Å². The number of H-pyrrole nitrogens is 1. The van der Waals surface area contributed by atoms with Gasteiger partial charge in [-0.05, 0) is 51.7 Å². The van der Waals surface area contributed by atoms with E-state index >= 15 is 0 Å². The summed E-state index contributed by atoms with van der Waals surface area (Å²) in [6.45, 7) is 7.85. The minimum atomic E-state index is -0.382. The number of amides is 2. The summed E-state index contributed by atoms with van der Waals surface area (Å²) in [6.07, 6.45) is 7.95. The zero-order valence-electron chi connectivity index (χ0n) is 16.2. The highest BCUT2D eigenvalue weighted by Crippen LogP contribution is 2.38. The number of hydrogen-bond donors (Lipinski definition) is 3. The lowest BCUT2D eigenvalue weighted by molar-refractivity contribution is -0.0738. The number of nitrogens with one attached hydrogen (secondary N) is 3. The van der Waals surface area contributed by atoms with Crippen LogP contribution in [0.2, 0.25) is 0 Å². The molecule has 27 heavy (non-hydrogen) atoms. The number of carbonyl (C=O) groups excluding carboxylic acids is 1. The Bertz CT molecular complexity index is 731. The molecule has 7 nitrogen and oxygen atoms in total. The van der Waals surface area contributed by atoms with E-state index in [1.54, 1.807) is 12.1 Å². The molecule has 7 heteroatoms. The van der Waals surface area contributed by atoms with Crippen molar-refractivity contribution in [2.24, 2.45) is 0 Å². The van der Waals surface area contributed by atoms with Gasteiger partial charge in [-0.1, -0.05) is 11.6 Å². The quantitative estimate of drug-likeness (QED) is 0.691. The zero-order valence-corrected chi connectivity index (χ0v) is 16.2. The third kappa shape index (κ3) is 5.43. The summed E-state index contributed by atoms with van der Waals surface area (Å²) < 4.78 is 6.34. The van der Waals surface area contributed by atoms with Gasteiger partial charge in [-0.2, -0.15) is 0 Å². The fourth-order valence-corrected chi connectivity index (χ4v) is 3.75. The van der Waals surface area contributed by atoms with E-state index in [2.05, 4.69) is 40.4 Å². The minimum absolute atomic E-state index is 0.0269. The number of aromatic amines is 1. The fourth-order valence-electron chi connectivity index (χ4n) is 3.75. The molecule has 1 aromatic heterocycles. The lowest BCUT2D eigenvalue weighted by Gasteiger charge is -2.39. The molecule has 1 aromatic rings. The lowest BCUT2D eigenvalue weighted by atomic mass is 9.88. The first kappa shape index (κ1) is 19.6. The predicted molar refractivity (Wildman–Crippen MR) is 106 cm³/mol. The molecule has 3 rings (SSSR count). The average Bonchev–Trinajstić information content (AvgIpc) is 3.04. The normalized spacial score (nSPS) is 21.8. The van der Waals surface area contributed by atoms with Gasteiger partial charge in [0.25, 0.3) is 5.56 Å². The van der Waals surface area contributed by atoms with Crippen LogP contribution in [-0.4, -0.2) is 53.8 Å². The van der Waals surface area contributed by atoms with Gasteiger partial charge in [0.1, 0.15) is 5.69 Å². The molecule has 1 atom stereocenters. The molecule has 1 unspecified atom stereocenters. The second kappa shape index (κ2) is 8.71. The number of carbonyl (C=O) groups is 1. The molecule has 0 aromatic carbocycles. The molecule has 2 aliphatic heterocycles. The van der Waals surface area contributed by atoms with Crippen LogP contribution in [0.1, 0.15) is 39.5 Å². The number of allylic oxidation sites excluding steroid dienone is 1. The van der Waals surface area contributed by atoms with E-state index in [0.29, 0.717) is 6.54 Å². The summed E-state index contributed by atoms with van der Waals surface area (Å²) in [5.74, 6) is 0. The first-order valence-electron chi connectivity index (χ1n) is 9.72. The van der Waals surface area contributed by atoms with Crippen molar-refractivity contribution in [1.82, 2.24) is 15.2 Å². The minimum Gasteiger partial charge on any atom is -0.370 e. The van der Waals surface area contributed by atoms with Crippen molar-refractivity contribution in [2.75, 3.05) is 31.5 Å². The van der Waals surface area contributed by atoms with E-state index in [-0.39, 0.29) is 29.0 Å². The second-order valence-corrected chi connectivity index (χ2v) is 7.79. The molecule has 148 valence electrons. The number of ether oxygens (including phenoxy) is 1. The number of aromatic nitrogens is 1. The van der Waals surface area contributed by atoms with Crippen molar-refractivity contribution in [1.29, 1.82) is 0 Å². The average molecular weight is 374 g/mol. The molecule has 0 bridgehead atoms. The van der Waals surface area contributed by atoms with E-state index in [0.717, 1.165) is 45.3 Å². The van der Waals surface area contributed by atoms with Gasteiger partial charge in [0.15, 0.2) is 0 Å². The molecule has 0 aliphatic carbocycles. The topological polar surface area (TPSA) is 86.5 Å². The van der Waals surface area contributed by atoms with Crippen molar-refractivity contribution in [2.45, 2.75) is 51.2 Å². The number of rotatable bonds is 5. The third-order valence-corrected chi connectivity index (χ3v) is 5.42. The van der Waals surface area contributed by atoms with E-state index in [4.69, 9.17) is 4.74 Å². The summed E-state index contributed by atoms with van der Waals surface area (Å²) >= 11 is 0. The Labute approximate surface area is 160 Å². The Kier molecular flexibility index (Phi) is 6.34. The second-order valence-electron chi connectivity index (χ2n) is 7.79. The molecule has 3 N–H and O–H groups in total. The fraction of sp³-hybridized carbons (Fsp3) is 0.600. The SMILES string of the molecule is CC(C)=CCN1CCC2(CCC(CNC(=O)Nc3ccc[nH]c3=O)O2)CC1. The van der Waals surface area contributed by atoms with Gasteiger partial charge in [-0.15, -0.1) is 0 Å². The van der Waals surface area contributed by atoms with Gasteiger partial charge < -0.3 is 20.4 Å². The van der Waals surface area contributed by atoms with Crippen LogP contribution in [0.3, 0.4) is 0 Å². The molecule has 2 aliphatic rings. The maximum Gasteiger partial charge on any atom is 0.319 e. The van der Waals surface area contributed by atoms with Crippen LogP contribution in [0.5, 0.6) is 0 Å². The predicted octanol–water partition coefficient (Wildman–Crippen LogP) is 2.48. The third-order valence-electron chi connectivity index (χ3n) is 5.42. The molecule has 1 spiro atoms. The molecule has 0 saturated carbocycles. The summed E-state index contributed by atoms with van der Waals surface area (Å²) in [5.41, 5.74) is 1.25. The van der Waals surface area contributed by atoms with Crippen LogP contribution >= 0.6 is 0 Å².